The number of para-hydroxylation sites is 1. The van der Waals surface area contributed by atoms with E-state index >= 15 is 0 Å². The highest BCUT2D eigenvalue weighted by Crippen LogP contribution is 2.55. The van der Waals surface area contributed by atoms with Gasteiger partial charge in [-0.2, -0.15) is 0 Å². The summed E-state index contributed by atoms with van der Waals surface area (Å²) in [5, 5.41) is 7.14. The molecule has 0 aliphatic heterocycles. The Bertz CT molecular complexity index is 2950. The van der Waals surface area contributed by atoms with E-state index in [1.54, 1.807) is 0 Å². The van der Waals surface area contributed by atoms with Gasteiger partial charge in [0, 0.05) is 53.2 Å². The summed E-state index contributed by atoms with van der Waals surface area (Å²) in [6.07, 6.45) is 0. The van der Waals surface area contributed by atoms with Crippen LogP contribution in [0, 0.1) is 0 Å². The molecule has 0 fully saturated rings. The molecule has 10 aromatic rings. The van der Waals surface area contributed by atoms with Gasteiger partial charge in [0.25, 0.3) is 0 Å². The van der Waals surface area contributed by atoms with Crippen molar-refractivity contribution in [3.05, 3.63) is 140 Å². The van der Waals surface area contributed by atoms with E-state index in [2.05, 4.69) is 103 Å². The Kier molecular flexibility index (Phi) is 5.23. The van der Waals surface area contributed by atoms with Gasteiger partial charge in [0.1, 0.15) is 11.2 Å². The number of hydrogen-bond donors (Lipinski definition) is 0. The molecule has 0 spiro atoms. The number of rotatable bonds is 3. The molecule has 0 atom stereocenters. The average molecular weight is 630 g/mol. The molecule has 0 saturated heterocycles. The van der Waals surface area contributed by atoms with Gasteiger partial charge in [0.05, 0.1) is 0 Å². The molecular weight excluding hydrogens is 607 g/mol. The van der Waals surface area contributed by atoms with Gasteiger partial charge >= 0.3 is 0 Å². The van der Waals surface area contributed by atoms with Crippen LogP contribution in [0.1, 0.15) is 0 Å². The van der Waals surface area contributed by atoms with Crippen molar-refractivity contribution in [1.29, 1.82) is 0 Å². The molecule has 222 valence electrons. The van der Waals surface area contributed by atoms with Crippen molar-refractivity contribution in [2.24, 2.45) is 0 Å². The molecule has 3 heterocycles. The van der Waals surface area contributed by atoms with Crippen molar-refractivity contribution in [3.8, 4) is 56.4 Å². The number of benzene rings is 7. The molecule has 11 rings (SSSR count). The van der Waals surface area contributed by atoms with Crippen LogP contribution in [0.3, 0.4) is 0 Å². The standard InChI is InChI=1S/C43H23N3OS/c1-2-10-25(11-3-1)41-44-42(26-20-21-28-27-14-4-6-18-34(27)47-35(28)22-26)46-43(45-41)33-23-32-29-16-8-12-24-13-9-17-31(37(24)29)39(32)40-38(33)30-15-5-7-19-36(30)48-40/h1-23H. The molecule has 48 heavy (non-hydrogen) atoms. The lowest BCUT2D eigenvalue weighted by Crippen LogP contribution is -2.00. The van der Waals surface area contributed by atoms with Gasteiger partial charge < -0.3 is 4.42 Å². The van der Waals surface area contributed by atoms with Gasteiger partial charge in [0.2, 0.25) is 0 Å². The molecule has 0 bridgehead atoms. The van der Waals surface area contributed by atoms with Gasteiger partial charge in [-0.25, -0.2) is 15.0 Å². The highest BCUT2D eigenvalue weighted by atomic mass is 32.1. The first-order valence-electron chi connectivity index (χ1n) is 16.0. The fraction of sp³-hybridized carbons (Fsp3) is 0. The number of furan rings is 1. The number of nitrogens with zero attached hydrogens (tertiary/aromatic N) is 3. The Morgan fingerprint density at radius 1 is 0.438 bits per heavy atom. The molecule has 3 aromatic heterocycles. The average Bonchev–Trinajstić information content (AvgIpc) is 3.82. The number of fused-ring (bicyclic) bond motifs is 10. The Hall–Kier alpha value is -6.17. The summed E-state index contributed by atoms with van der Waals surface area (Å²) in [5.41, 5.74) is 9.59. The lowest BCUT2D eigenvalue weighted by molar-refractivity contribution is 0.669. The van der Waals surface area contributed by atoms with Crippen molar-refractivity contribution in [2.45, 2.75) is 0 Å². The minimum atomic E-state index is 0.611. The Morgan fingerprint density at radius 2 is 1.15 bits per heavy atom. The fourth-order valence-corrected chi connectivity index (χ4v) is 8.83. The van der Waals surface area contributed by atoms with E-state index in [0.717, 1.165) is 38.6 Å². The smallest absolute Gasteiger partial charge is 0.164 e. The zero-order valence-corrected chi connectivity index (χ0v) is 26.3. The summed E-state index contributed by atoms with van der Waals surface area (Å²) in [6.45, 7) is 0. The van der Waals surface area contributed by atoms with Crippen molar-refractivity contribution in [3.63, 3.8) is 0 Å². The van der Waals surface area contributed by atoms with Gasteiger partial charge in [0.15, 0.2) is 17.5 Å². The molecule has 0 N–H and O–H groups in total. The van der Waals surface area contributed by atoms with E-state index in [0.29, 0.717) is 17.5 Å². The van der Waals surface area contributed by atoms with E-state index in [1.165, 1.54) is 53.2 Å². The maximum absolute atomic E-state index is 6.28. The van der Waals surface area contributed by atoms with Crippen LogP contribution in [0.2, 0.25) is 0 Å². The van der Waals surface area contributed by atoms with Crippen LogP contribution in [0.25, 0.3) is 109 Å². The SMILES string of the molecule is c1ccc(-c2nc(-c3ccc4c(c3)oc3ccccc34)nc(-c3cc4c(c5sc6ccccc6c35)-c3cccc5cccc-4c35)n2)cc1. The van der Waals surface area contributed by atoms with Gasteiger partial charge in [-0.15, -0.1) is 11.3 Å². The third-order valence-electron chi connectivity index (χ3n) is 9.66. The lowest BCUT2D eigenvalue weighted by Gasteiger charge is -2.12. The largest absolute Gasteiger partial charge is 0.456 e. The zero-order valence-electron chi connectivity index (χ0n) is 25.4. The first kappa shape index (κ1) is 26.0. The first-order chi connectivity index (χ1) is 23.8. The van der Waals surface area contributed by atoms with Gasteiger partial charge in [-0.05, 0) is 57.8 Å². The molecule has 0 saturated carbocycles. The normalized spacial score (nSPS) is 12.2. The zero-order chi connectivity index (χ0) is 31.3. The maximum atomic E-state index is 6.28. The molecule has 1 aliphatic carbocycles. The highest BCUT2D eigenvalue weighted by Gasteiger charge is 2.28. The molecule has 1 aliphatic rings. The molecule has 0 radical (unpaired) electrons. The molecule has 0 unspecified atom stereocenters. The number of hydrogen-bond acceptors (Lipinski definition) is 5. The van der Waals surface area contributed by atoms with Crippen LogP contribution < -0.4 is 0 Å². The van der Waals surface area contributed by atoms with Crippen molar-refractivity contribution in [1.82, 2.24) is 15.0 Å². The third-order valence-corrected chi connectivity index (χ3v) is 10.8. The Labute approximate surface area is 278 Å². The van der Waals surface area contributed by atoms with Crippen LogP contribution in [0.15, 0.2) is 144 Å². The summed E-state index contributed by atoms with van der Waals surface area (Å²) in [4.78, 5) is 15.5. The lowest BCUT2D eigenvalue weighted by atomic mass is 9.96. The summed E-state index contributed by atoms with van der Waals surface area (Å²) in [5.74, 6) is 1.90. The predicted octanol–water partition coefficient (Wildman–Crippen LogP) is 11.9. The Balaban J connectivity index is 1.23. The van der Waals surface area contributed by atoms with Crippen molar-refractivity contribution < 1.29 is 4.42 Å². The van der Waals surface area contributed by atoms with Gasteiger partial charge in [-0.1, -0.05) is 109 Å². The quantitative estimate of drug-likeness (QED) is 0.195. The molecule has 7 aromatic carbocycles. The van der Waals surface area contributed by atoms with Crippen LogP contribution in [0.5, 0.6) is 0 Å². The topological polar surface area (TPSA) is 51.8 Å². The summed E-state index contributed by atoms with van der Waals surface area (Å²) >= 11 is 1.85. The van der Waals surface area contributed by atoms with E-state index in [-0.39, 0.29) is 0 Å². The molecule has 0 amide bonds. The summed E-state index contributed by atoms with van der Waals surface area (Å²) < 4.78 is 8.79. The summed E-state index contributed by atoms with van der Waals surface area (Å²) in [7, 11) is 0. The monoisotopic (exact) mass is 629 g/mol. The second kappa shape index (κ2) is 9.67. The molecular formula is C43H23N3OS. The van der Waals surface area contributed by atoms with E-state index in [9.17, 15) is 0 Å². The second-order valence-electron chi connectivity index (χ2n) is 12.3. The van der Waals surface area contributed by atoms with Crippen LogP contribution in [0.4, 0.5) is 0 Å². The van der Waals surface area contributed by atoms with E-state index < -0.39 is 0 Å². The minimum absolute atomic E-state index is 0.611. The third kappa shape index (κ3) is 3.62. The van der Waals surface area contributed by atoms with Crippen LogP contribution in [-0.4, -0.2) is 15.0 Å². The Morgan fingerprint density at radius 3 is 2.02 bits per heavy atom. The fourth-order valence-electron chi connectivity index (χ4n) is 7.54. The highest BCUT2D eigenvalue weighted by molar-refractivity contribution is 7.26. The maximum Gasteiger partial charge on any atom is 0.164 e. The van der Waals surface area contributed by atoms with Crippen molar-refractivity contribution in [2.75, 3.05) is 0 Å². The molecule has 5 heteroatoms. The second-order valence-corrected chi connectivity index (χ2v) is 13.4. The minimum Gasteiger partial charge on any atom is -0.456 e. The number of thiophene rings is 1. The van der Waals surface area contributed by atoms with E-state index in [1.807, 2.05) is 47.7 Å². The van der Waals surface area contributed by atoms with E-state index in [4.69, 9.17) is 19.4 Å². The van der Waals surface area contributed by atoms with Gasteiger partial charge in [-0.3, -0.25) is 0 Å². The predicted molar refractivity (Wildman–Crippen MR) is 198 cm³/mol. The summed E-state index contributed by atoms with van der Waals surface area (Å²) in [6, 6.07) is 48.9. The molecule has 4 nitrogen and oxygen atoms in total. The first-order valence-corrected chi connectivity index (χ1v) is 16.8. The van der Waals surface area contributed by atoms with Crippen molar-refractivity contribution >= 4 is 64.2 Å². The van der Waals surface area contributed by atoms with Crippen LogP contribution >= 0.6 is 11.3 Å². The number of aromatic nitrogens is 3. The van der Waals surface area contributed by atoms with Crippen LogP contribution in [-0.2, 0) is 0 Å².